The molecule has 0 aliphatic carbocycles. The highest BCUT2D eigenvalue weighted by Crippen LogP contribution is 2.17. The lowest BCUT2D eigenvalue weighted by atomic mass is 9.96. The summed E-state index contributed by atoms with van der Waals surface area (Å²) in [7, 11) is 0. The molecule has 1 N–H and O–H groups in total. The molecule has 0 spiro atoms. The number of carbonyl (C=O) groups excluding carboxylic acids is 1. The average molecular weight is 219 g/mol. The van der Waals surface area contributed by atoms with Crippen molar-refractivity contribution < 1.29 is 9.90 Å². The Morgan fingerprint density at radius 2 is 2.12 bits per heavy atom. The largest absolute Gasteiger partial charge is 0.392 e. The molecule has 86 valence electrons. The number of hydrogen-bond donors (Lipinski definition) is 1. The third-order valence-corrected chi connectivity index (χ3v) is 3.13. The van der Waals surface area contributed by atoms with Crippen LogP contribution in [0.5, 0.6) is 0 Å². The molecule has 1 aromatic carbocycles. The van der Waals surface area contributed by atoms with Crippen LogP contribution in [0.15, 0.2) is 30.3 Å². The van der Waals surface area contributed by atoms with E-state index in [4.69, 9.17) is 0 Å². The van der Waals surface area contributed by atoms with Gasteiger partial charge < -0.3 is 9.90 Å². The van der Waals surface area contributed by atoms with Gasteiger partial charge in [-0.25, -0.2) is 0 Å². The molecule has 2 atom stereocenters. The van der Waals surface area contributed by atoms with Crippen molar-refractivity contribution in [3.05, 3.63) is 35.9 Å². The van der Waals surface area contributed by atoms with Gasteiger partial charge >= 0.3 is 0 Å². The summed E-state index contributed by atoms with van der Waals surface area (Å²) < 4.78 is 0. The molecule has 3 heteroatoms. The minimum atomic E-state index is -0.454. The van der Waals surface area contributed by atoms with Crippen molar-refractivity contribution in [2.45, 2.75) is 19.1 Å². The highest BCUT2D eigenvalue weighted by molar-refractivity contribution is 5.55. The van der Waals surface area contributed by atoms with Crippen molar-refractivity contribution in [1.82, 2.24) is 4.90 Å². The first-order valence-corrected chi connectivity index (χ1v) is 5.69. The van der Waals surface area contributed by atoms with E-state index in [1.807, 2.05) is 18.2 Å². The quantitative estimate of drug-likeness (QED) is 0.773. The second kappa shape index (κ2) is 5.23. The molecule has 0 bridgehead atoms. The monoisotopic (exact) mass is 219 g/mol. The molecule has 2 rings (SSSR count). The standard InChI is InChI=1S/C13H17NO2/c15-10-12-9-14(7-6-13(12)16)8-11-4-2-1-3-5-11/h1-5,10,12-13,16H,6-9H2/t12-,13-/m1/s1. The SMILES string of the molecule is O=C[C@H]1CN(Cc2ccccc2)CC[C@H]1O. The lowest BCUT2D eigenvalue weighted by Crippen LogP contribution is -2.43. The summed E-state index contributed by atoms with van der Waals surface area (Å²) in [6.45, 7) is 2.39. The number of aliphatic hydroxyl groups is 1. The molecule has 1 heterocycles. The Labute approximate surface area is 95.7 Å². The van der Waals surface area contributed by atoms with Gasteiger partial charge in [0.05, 0.1) is 12.0 Å². The average Bonchev–Trinajstić information content (AvgIpc) is 2.33. The van der Waals surface area contributed by atoms with Crippen LogP contribution >= 0.6 is 0 Å². The number of rotatable bonds is 3. The molecule has 0 radical (unpaired) electrons. The normalized spacial score (nSPS) is 26.6. The van der Waals surface area contributed by atoms with Gasteiger partial charge in [0.25, 0.3) is 0 Å². The van der Waals surface area contributed by atoms with E-state index >= 15 is 0 Å². The molecule has 1 aliphatic heterocycles. The summed E-state index contributed by atoms with van der Waals surface area (Å²) >= 11 is 0. The van der Waals surface area contributed by atoms with E-state index in [0.29, 0.717) is 13.0 Å². The van der Waals surface area contributed by atoms with Crippen LogP contribution in [-0.4, -0.2) is 35.5 Å². The maximum absolute atomic E-state index is 10.8. The molecular weight excluding hydrogens is 202 g/mol. The van der Waals surface area contributed by atoms with E-state index in [9.17, 15) is 9.90 Å². The number of carbonyl (C=O) groups is 1. The molecular formula is C13H17NO2. The van der Waals surface area contributed by atoms with E-state index < -0.39 is 6.10 Å². The zero-order valence-electron chi connectivity index (χ0n) is 9.25. The zero-order valence-corrected chi connectivity index (χ0v) is 9.25. The molecule has 0 aromatic heterocycles. The Morgan fingerprint density at radius 1 is 1.38 bits per heavy atom. The second-order valence-corrected chi connectivity index (χ2v) is 4.38. The van der Waals surface area contributed by atoms with Gasteiger partial charge in [-0.15, -0.1) is 0 Å². The molecule has 1 aliphatic rings. The van der Waals surface area contributed by atoms with Gasteiger partial charge in [0, 0.05) is 19.6 Å². The molecule has 0 unspecified atom stereocenters. The first-order valence-electron chi connectivity index (χ1n) is 5.69. The second-order valence-electron chi connectivity index (χ2n) is 4.38. The predicted octanol–water partition coefficient (Wildman–Crippen LogP) is 1.07. The van der Waals surface area contributed by atoms with Gasteiger partial charge in [0.2, 0.25) is 0 Å². The molecule has 16 heavy (non-hydrogen) atoms. The fourth-order valence-electron chi connectivity index (χ4n) is 2.16. The first kappa shape index (κ1) is 11.3. The summed E-state index contributed by atoms with van der Waals surface area (Å²) in [6.07, 6.45) is 1.11. The Bertz CT molecular complexity index is 339. The maximum Gasteiger partial charge on any atom is 0.126 e. The molecule has 0 saturated carbocycles. The van der Waals surface area contributed by atoms with E-state index in [1.54, 1.807) is 0 Å². The van der Waals surface area contributed by atoms with Gasteiger partial charge in [-0.2, -0.15) is 0 Å². The van der Waals surface area contributed by atoms with E-state index in [0.717, 1.165) is 19.4 Å². The lowest BCUT2D eigenvalue weighted by molar-refractivity contribution is -0.117. The van der Waals surface area contributed by atoms with Crippen LogP contribution in [0, 0.1) is 5.92 Å². The van der Waals surface area contributed by atoms with Crippen molar-refractivity contribution in [2.75, 3.05) is 13.1 Å². The van der Waals surface area contributed by atoms with Crippen LogP contribution in [0.2, 0.25) is 0 Å². The van der Waals surface area contributed by atoms with Gasteiger partial charge in [-0.1, -0.05) is 30.3 Å². The highest BCUT2D eigenvalue weighted by Gasteiger charge is 2.26. The smallest absolute Gasteiger partial charge is 0.126 e. The minimum Gasteiger partial charge on any atom is -0.392 e. The number of likely N-dealkylation sites (tertiary alicyclic amines) is 1. The number of hydrogen-bond acceptors (Lipinski definition) is 3. The molecule has 3 nitrogen and oxygen atoms in total. The van der Waals surface area contributed by atoms with Crippen LogP contribution in [0.4, 0.5) is 0 Å². The number of benzene rings is 1. The fraction of sp³-hybridized carbons (Fsp3) is 0.462. The van der Waals surface area contributed by atoms with Crippen LogP contribution in [0.1, 0.15) is 12.0 Å². The third kappa shape index (κ3) is 2.68. The summed E-state index contributed by atoms with van der Waals surface area (Å²) in [5.74, 6) is -0.225. The Kier molecular flexibility index (Phi) is 3.70. The summed E-state index contributed by atoms with van der Waals surface area (Å²) in [6, 6.07) is 10.2. The van der Waals surface area contributed by atoms with Crippen molar-refractivity contribution in [3.8, 4) is 0 Å². The Hall–Kier alpha value is -1.19. The summed E-state index contributed by atoms with van der Waals surface area (Å²) in [5.41, 5.74) is 1.25. The molecule has 1 saturated heterocycles. The van der Waals surface area contributed by atoms with Crippen LogP contribution in [-0.2, 0) is 11.3 Å². The predicted molar refractivity (Wildman–Crippen MR) is 61.9 cm³/mol. The number of piperidine rings is 1. The van der Waals surface area contributed by atoms with Crippen LogP contribution in [0.25, 0.3) is 0 Å². The van der Waals surface area contributed by atoms with Gasteiger partial charge in [-0.3, -0.25) is 4.90 Å². The molecule has 1 aromatic rings. The number of aldehydes is 1. The van der Waals surface area contributed by atoms with Crippen LogP contribution in [0.3, 0.4) is 0 Å². The zero-order chi connectivity index (χ0) is 11.4. The van der Waals surface area contributed by atoms with Gasteiger partial charge in [0.15, 0.2) is 0 Å². The topological polar surface area (TPSA) is 40.5 Å². The fourth-order valence-corrected chi connectivity index (χ4v) is 2.16. The van der Waals surface area contributed by atoms with Gasteiger partial charge in [-0.05, 0) is 12.0 Å². The Balaban J connectivity index is 1.94. The van der Waals surface area contributed by atoms with Gasteiger partial charge in [0.1, 0.15) is 6.29 Å². The summed E-state index contributed by atoms with van der Waals surface area (Å²) in [5, 5.41) is 9.59. The lowest BCUT2D eigenvalue weighted by Gasteiger charge is -2.33. The van der Waals surface area contributed by atoms with Crippen molar-refractivity contribution in [1.29, 1.82) is 0 Å². The van der Waals surface area contributed by atoms with E-state index in [-0.39, 0.29) is 5.92 Å². The molecule has 0 amide bonds. The van der Waals surface area contributed by atoms with Crippen molar-refractivity contribution in [2.24, 2.45) is 5.92 Å². The minimum absolute atomic E-state index is 0.225. The van der Waals surface area contributed by atoms with Crippen molar-refractivity contribution >= 4 is 6.29 Å². The van der Waals surface area contributed by atoms with Crippen molar-refractivity contribution in [3.63, 3.8) is 0 Å². The maximum atomic E-state index is 10.8. The number of nitrogens with zero attached hydrogens (tertiary/aromatic N) is 1. The first-order chi connectivity index (χ1) is 7.79. The Morgan fingerprint density at radius 3 is 2.81 bits per heavy atom. The number of aliphatic hydroxyl groups excluding tert-OH is 1. The summed E-state index contributed by atoms with van der Waals surface area (Å²) in [4.78, 5) is 13.0. The highest BCUT2D eigenvalue weighted by atomic mass is 16.3. The molecule has 1 fully saturated rings. The third-order valence-electron chi connectivity index (χ3n) is 3.13. The van der Waals surface area contributed by atoms with E-state index in [1.165, 1.54) is 5.56 Å². The van der Waals surface area contributed by atoms with Crippen LogP contribution < -0.4 is 0 Å². The van der Waals surface area contributed by atoms with E-state index in [2.05, 4.69) is 17.0 Å².